The van der Waals surface area contributed by atoms with Gasteiger partial charge in [0, 0.05) is 10.2 Å². The van der Waals surface area contributed by atoms with Crippen LogP contribution in [-0.4, -0.2) is 25.0 Å². The highest BCUT2D eigenvalue weighted by molar-refractivity contribution is 9.10. The summed E-state index contributed by atoms with van der Waals surface area (Å²) in [5.74, 6) is 0.314. The molecule has 96 valence electrons. The fourth-order valence-electron chi connectivity index (χ4n) is 1.52. The maximum absolute atomic E-state index is 11.3. The van der Waals surface area contributed by atoms with E-state index in [0.29, 0.717) is 12.8 Å². The Morgan fingerprint density at radius 1 is 1.41 bits per heavy atom. The van der Waals surface area contributed by atoms with Crippen LogP contribution in [-0.2, 0) is 9.84 Å². The zero-order valence-electron chi connectivity index (χ0n) is 9.77. The molecule has 3 nitrogen and oxygen atoms in total. The Kier molecular flexibility index (Phi) is 5.62. The van der Waals surface area contributed by atoms with E-state index < -0.39 is 15.9 Å². The number of aliphatic hydroxyl groups is 1. The summed E-state index contributed by atoms with van der Waals surface area (Å²) < 4.78 is 23.5. The van der Waals surface area contributed by atoms with Crippen molar-refractivity contribution in [3.05, 3.63) is 34.3 Å². The van der Waals surface area contributed by atoms with Gasteiger partial charge in [0.1, 0.15) is 9.84 Å². The standard InChI is InChI=1S/C12H17BrO3S/c1-2-17(15,16)8-4-7-12(14)10-5-3-6-11(13)9-10/h3,5-6,9,12,14H,2,4,7-8H2,1H3. The third kappa shape index (κ3) is 5.19. The van der Waals surface area contributed by atoms with E-state index in [4.69, 9.17) is 0 Å². The molecule has 0 aromatic heterocycles. The molecule has 0 radical (unpaired) electrons. The molecule has 0 aliphatic rings. The molecule has 0 fully saturated rings. The molecule has 5 heteroatoms. The van der Waals surface area contributed by atoms with E-state index in [1.807, 2.05) is 24.3 Å². The zero-order chi connectivity index (χ0) is 12.9. The smallest absolute Gasteiger partial charge is 0.150 e. The summed E-state index contributed by atoms with van der Waals surface area (Å²) in [6.45, 7) is 1.64. The van der Waals surface area contributed by atoms with Gasteiger partial charge in [-0.25, -0.2) is 8.42 Å². The topological polar surface area (TPSA) is 54.4 Å². The number of sulfone groups is 1. The number of halogens is 1. The molecule has 0 bridgehead atoms. The number of aliphatic hydroxyl groups excluding tert-OH is 1. The molecule has 1 atom stereocenters. The largest absolute Gasteiger partial charge is 0.388 e. The lowest BCUT2D eigenvalue weighted by Gasteiger charge is -2.11. The van der Waals surface area contributed by atoms with Crippen molar-refractivity contribution < 1.29 is 13.5 Å². The van der Waals surface area contributed by atoms with Crippen molar-refractivity contribution in [3.8, 4) is 0 Å². The van der Waals surface area contributed by atoms with Gasteiger partial charge in [-0.2, -0.15) is 0 Å². The van der Waals surface area contributed by atoms with E-state index in [1.54, 1.807) is 6.92 Å². The van der Waals surface area contributed by atoms with E-state index in [-0.39, 0.29) is 11.5 Å². The van der Waals surface area contributed by atoms with Crippen molar-refractivity contribution in [1.82, 2.24) is 0 Å². The Hall–Kier alpha value is -0.390. The fourth-order valence-corrected chi connectivity index (χ4v) is 2.83. The van der Waals surface area contributed by atoms with E-state index in [1.165, 1.54) is 0 Å². The van der Waals surface area contributed by atoms with Crippen LogP contribution in [0.15, 0.2) is 28.7 Å². The minimum absolute atomic E-state index is 0.147. The van der Waals surface area contributed by atoms with E-state index >= 15 is 0 Å². The van der Waals surface area contributed by atoms with Gasteiger partial charge in [-0.3, -0.25) is 0 Å². The lowest BCUT2D eigenvalue weighted by atomic mass is 10.1. The predicted octanol–water partition coefficient (Wildman–Crippen LogP) is 2.70. The summed E-state index contributed by atoms with van der Waals surface area (Å²) in [5.41, 5.74) is 0.813. The Labute approximate surface area is 111 Å². The molecule has 0 saturated heterocycles. The predicted molar refractivity (Wildman–Crippen MR) is 72.7 cm³/mol. The summed E-state index contributed by atoms with van der Waals surface area (Å²) in [6.07, 6.45) is 0.360. The average Bonchev–Trinajstić information content (AvgIpc) is 2.28. The minimum Gasteiger partial charge on any atom is -0.388 e. The average molecular weight is 321 g/mol. The second-order valence-electron chi connectivity index (χ2n) is 3.95. The van der Waals surface area contributed by atoms with Gasteiger partial charge < -0.3 is 5.11 Å². The maximum Gasteiger partial charge on any atom is 0.150 e. The first-order valence-electron chi connectivity index (χ1n) is 5.58. The lowest BCUT2D eigenvalue weighted by molar-refractivity contribution is 0.166. The third-order valence-electron chi connectivity index (χ3n) is 2.61. The Balaban J connectivity index is 2.48. The zero-order valence-corrected chi connectivity index (χ0v) is 12.2. The first-order chi connectivity index (χ1) is 7.94. The van der Waals surface area contributed by atoms with Crippen LogP contribution in [0.5, 0.6) is 0 Å². The van der Waals surface area contributed by atoms with Gasteiger partial charge in [0.2, 0.25) is 0 Å². The van der Waals surface area contributed by atoms with Crippen molar-refractivity contribution in [2.75, 3.05) is 11.5 Å². The maximum atomic E-state index is 11.3. The van der Waals surface area contributed by atoms with Gasteiger partial charge in [0.25, 0.3) is 0 Å². The summed E-state index contributed by atoms with van der Waals surface area (Å²) in [5, 5.41) is 9.90. The molecular weight excluding hydrogens is 304 g/mol. The number of hydrogen-bond acceptors (Lipinski definition) is 3. The van der Waals surface area contributed by atoms with E-state index in [0.717, 1.165) is 10.0 Å². The third-order valence-corrected chi connectivity index (χ3v) is 4.89. The SMILES string of the molecule is CCS(=O)(=O)CCCC(O)c1cccc(Br)c1. The molecule has 0 spiro atoms. The first-order valence-corrected chi connectivity index (χ1v) is 8.20. The van der Waals surface area contributed by atoms with Gasteiger partial charge >= 0.3 is 0 Å². The number of rotatable bonds is 6. The van der Waals surface area contributed by atoms with Crippen LogP contribution in [0.1, 0.15) is 31.4 Å². The monoisotopic (exact) mass is 320 g/mol. The van der Waals surface area contributed by atoms with Crippen LogP contribution in [0, 0.1) is 0 Å². The van der Waals surface area contributed by atoms with Crippen molar-refractivity contribution in [2.24, 2.45) is 0 Å². The molecule has 1 unspecified atom stereocenters. The second kappa shape index (κ2) is 6.52. The molecule has 0 aliphatic heterocycles. The first kappa shape index (κ1) is 14.7. The Morgan fingerprint density at radius 2 is 2.12 bits per heavy atom. The molecule has 0 aliphatic carbocycles. The number of hydrogen-bond donors (Lipinski definition) is 1. The molecular formula is C12H17BrO3S. The second-order valence-corrected chi connectivity index (χ2v) is 7.34. The van der Waals surface area contributed by atoms with Crippen LogP contribution in [0.3, 0.4) is 0 Å². The molecule has 0 saturated carbocycles. The van der Waals surface area contributed by atoms with E-state index in [9.17, 15) is 13.5 Å². The molecule has 1 N–H and O–H groups in total. The van der Waals surface area contributed by atoms with Crippen molar-refractivity contribution in [3.63, 3.8) is 0 Å². The van der Waals surface area contributed by atoms with Crippen molar-refractivity contribution in [1.29, 1.82) is 0 Å². The summed E-state index contributed by atoms with van der Waals surface area (Å²) in [4.78, 5) is 0. The van der Waals surface area contributed by atoms with Crippen LogP contribution in [0.2, 0.25) is 0 Å². The van der Waals surface area contributed by atoms with Crippen LogP contribution >= 0.6 is 15.9 Å². The van der Waals surface area contributed by atoms with Gasteiger partial charge in [-0.15, -0.1) is 0 Å². The van der Waals surface area contributed by atoms with E-state index in [2.05, 4.69) is 15.9 Å². The Morgan fingerprint density at radius 3 is 2.71 bits per heavy atom. The van der Waals surface area contributed by atoms with Gasteiger partial charge in [-0.1, -0.05) is 35.0 Å². The van der Waals surface area contributed by atoms with Crippen LogP contribution < -0.4 is 0 Å². The van der Waals surface area contributed by atoms with Crippen LogP contribution in [0.4, 0.5) is 0 Å². The van der Waals surface area contributed by atoms with Crippen molar-refractivity contribution in [2.45, 2.75) is 25.9 Å². The highest BCUT2D eigenvalue weighted by Crippen LogP contribution is 2.21. The van der Waals surface area contributed by atoms with Gasteiger partial charge in [0.05, 0.1) is 11.9 Å². The normalized spacial score (nSPS) is 13.6. The quantitative estimate of drug-likeness (QED) is 0.876. The van der Waals surface area contributed by atoms with Crippen LogP contribution in [0.25, 0.3) is 0 Å². The minimum atomic E-state index is -2.93. The molecule has 0 amide bonds. The van der Waals surface area contributed by atoms with Gasteiger partial charge in [-0.05, 0) is 30.5 Å². The Bertz CT molecular complexity index is 457. The van der Waals surface area contributed by atoms with Gasteiger partial charge in [0.15, 0.2) is 0 Å². The summed E-state index contributed by atoms with van der Waals surface area (Å²) in [7, 11) is -2.93. The highest BCUT2D eigenvalue weighted by atomic mass is 79.9. The number of benzene rings is 1. The molecule has 0 heterocycles. The van der Waals surface area contributed by atoms with Crippen molar-refractivity contribution >= 4 is 25.8 Å². The highest BCUT2D eigenvalue weighted by Gasteiger charge is 2.11. The summed E-state index contributed by atoms with van der Waals surface area (Å²) >= 11 is 3.33. The molecule has 17 heavy (non-hydrogen) atoms. The molecule has 1 aromatic rings. The molecule has 1 rings (SSSR count). The summed E-state index contributed by atoms with van der Waals surface area (Å²) in [6, 6.07) is 7.42. The lowest BCUT2D eigenvalue weighted by Crippen LogP contribution is -2.10. The molecule has 1 aromatic carbocycles. The fraction of sp³-hybridized carbons (Fsp3) is 0.500.